The minimum absolute atomic E-state index is 0.0443. The van der Waals surface area contributed by atoms with Crippen LogP contribution in [0.15, 0.2) is 23.3 Å². The highest BCUT2D eigenvalue weighted by atomic mass is 16.3. The van der Waals surface area contributed by atoms with E-state index < -0.39 is 0 Å². The first-order chi connectivity index (χ1) is 14.4. The summed E-state index contributed by atoms with van der Waals surface area (Å²) in [7, 11) is 0. The quantitative estimate of drug-likeness (QED) is 0.448. The number of fused-ring (bicyclic) bond motifs is 4. The molecule has 0 saturated heterocycles. The van der Waals surface area contributed by atoms with E-state index in [1.807, 2.05) is 11.1 Å². The monoisotopic (exact) mass is 426 g/mol. The molecule has 2 saturated carbocycles. The molecule has 4 rings (SSSR count). The zero-order valence-corrected chi connectivity index (χ0v) is 21.9. The molecule has 176 valence electrons. The van der Waals surface area contributed by atoms with Gasteiger partial charge in [0.2, 0.25) is 0 Å². The summed E-state index contributed by atoms with van der Waals surface area (Å²) in [5.41, 5.74) is 4.91. The van der Waals surface area contributed by atoms with Crippen LogP contribution < -0.4 is 0 Å². The standard InChI is InChI=1S/C30H50O/c1-20(2)10-9-11-21(3)22-14-18-30(8)24-12-13-25-27(4,5)26(31)16-17-28(25,6)23(24)15-19-29(22,30)7/h9-10,20-22,25-26,31H,11-19H2,1-8H3/b10-9+/t21-,22-,25-,26-,28+,29-,30+/m0/s1. The second-order valence-electron chi connectivity index (χ2n) is 13.6. The Balaban J connectivity index is 1.66. The molecule has 1 N–H and O–H groups in total. The number of allylic oxidation sites excluding steroid dienone is 4. The lowest BCUT2D eigenvalue weighted by atomic mass is 9.43. The second-order valence-corrected chi connectivity index (χ2v) is 13.6. The zero-order valence-electron chi connectivity index (χ0n) is 21.9. The van der Waals surface area contributed by atoms with Gasteiger partial charge < -0.3 is 5.11 Å². The van der Waals surface area contributed by atoms with Gasteiger partial charge in [-0.05, 0) is 103 Å². The van der Waals surface area contributed by atoms with Crippen LogP contribution in [0, 0.1) is 45.3 Å². The molecule has 0 unspecified atom stereocenters. The van der Waals surface area contributed by atoms with Crippen LogP contribution in [-0.4, -0.2) is 11.2 Å². The molecule has 4 aliphatic carbocycles. The third kappa shape index (κ3) is 3.34. The van der Waals surface area contributed by atoms with Crippen molar-refractivity contribution in [2.24, 2.45) is 45.3 Å². The van der Waals surface area contributed by atoms with Crippen molar-refractivity contribution in [2.75, 3.05) is 0 Å². The van der Waals surface area contributed by atoms with E-state index in [0.29, 0.717) is 28.1 Å². The maximum atomic E-state index is 10.8. The van der Waals surface area contributed by atoms with Crippen molar-refractivity contribution in [1.82, 2.24) is 0 Å². The molecule has 0 spiro atoms. The first-order valence-electron chi connectivity index (χ1n) is 13.5. The summed E-state index contributed by atoms with van der Waals surface area (Å²) >= 11 is 0. The molecule has 0 radical (unpaired) electrons. The van der Waals surface area contributed by atoms with Crippen LogP contribution in [0.5, 0.6) is 0 Å². The SMILES string of the molecule is CC(C)/C=C/C[C@H](C)[C@@H]1CC[C@]2(C)C3=C(CC[C@@]12C)[C@@]1(C)CC[C@H](O)C(C)(C)[C@@H]1CC3. The zero-order chi connectivity index (χ0) is 22.8. The van der Waals surface area contributed by atoms with Gasteiger partial charge in [-0.25, -0.2) is 0 Å². The van der Waals surface area contributed by atoms with E-state index in [1.165, 1.54) is 51.4 Å². The van der Waals surface area contributed by atoms with Gasteiger partial charge in [-0.2, -0.15) is 0 Å². The first-order valence-corrected chi connectivity index (χ1v) is 13.5. The third-order valence-electron chi connectivity index (χ3n) is 11.5. The van der Waals surface area contributed by atoms with E-state index in [0.717, 1.165) is 18.3 Å². The lowest BCUT2D eigenvalue weighted by Gasteiger charge is -2.62. The highest BCUT2D eigenvalue weighted by Gasteiger charge is 2.63. The molecular formula is C30H50O. The molecule has 1 heteroatoms. The number of hydrogen-bond donors (Lipinski definition) is 1. The molecule has 7 atom stereocenters. The van der Waals surface area contributed by atoms with Crippen LogP contribution in [0.1, 0.15) is 113 Å². The molecule has 0 aromatic rings. The van der Waals surface area contributed by atoms with Crippen LogP contribution in [0.2, 0.25) is 0 Å². The van der Waals surface area contributed by atoms with Crippen molar-refractivity contribution in [1.29, 1.82) is 0 Å². The third-order valence-corrected chi connectivity index (χ3v) is 11.5. The Morgan fingerprint density at radius 3 is 2.29 bits per heavy atom. The number of aliphatic hydroxyl groups excluding tert-OH is 1. The molecule has 31 heavy (non-hydrogen) atoms. The molecule has 0 bridgehead atoms. The smallest absolute Gasteiger partial charge is 0.0594 e. The van der Waals surface area contributed by atoms with Crippen LogP contribution >= 0.6 is 0 Å². The Labute approximate surface area is 193 Å². The molecule has 0 heterocycles. The van der Waals surface area contributed by atoms with E-state index in [9.17, 15) is 5.11 Å². The molecule has 0 aromatic carbocycles. The van der Waals surface area contributed by atoms with Crippen molar-refractivity contribution in [3.63, 3.8) is 0 Å². The Morgan fingerprint density at radius 2 is 1.61 bits per heavy atom. The van der Waals surface area contributed by atoms with E-state index >= 15 is 0 Å². The highest BCUT2D eigenvalue weighted by molar-refractivity contribution is 5.38. The van der Waals surface area contributed by atoms with Crippen molar-refractivity contribution >= 4 is 0 Å². The summed E-state index contributed by atoms with van der Waals surface area (Å²) in [4.78, 5) is 0. The maximum Gasteiger partial charge on any atom is 0.0594 e. The molecule has 1 nitrogen and oxygen atoms in total. The largest absolute Gasteiger partial charge is 0.393 e. The second kappa shape index (κ2) is 7.75. The fraction of sp³-hybridized carbons (Fsp3) is 0.867. The highest BCUT2D eigenvalue weighted by Crippen LogP contribution is 2.72. The number of hydrogen-bond acceptors (Lipinski definition) is 1. The molecular weight excluding hydrogens is 376 g/mol. The number of rotatable bonds is 4. The van der Waals surface area contributed by atoms with Gasteiger partial charge in [-0.3, -0.25) is 0 Å². The topological polar surface area (TPSA) is 20.2 Å². The van der Waals surface area contributed by atoms with Gasteiger partial charge in [0, 0.05) is 0 Å². The van der Waals surface area contributed by atoms with Crippen LogP contribution in [0.25, 0.3) is 0 Å². The van der Waals surface area contributed by atoms with E-state index in [-0.39, 0.29) is 11.5 Å². The van der Waals surface area contributed by atoms with Gasteiger partial charge in [0.1, 0.15) is 0 Å². The first kappa shape index (κ1) is 23.6. The summed E-state index contributed by atoms with van der Waals surface area (Å²) in [6, 6.07) is 0. The normalized spacial score (nSPS) is 45.5. The number of aliphatic hydroxyl groups is 1. The predicted molar refractivity (Wildman–Crippen MR) is 133 cm³/mol. The molecule has 2 fully saturated rings. The van der Waals surface area contributed by atoms with Crippen LogP contribution in [0.4, 0.5) is 0 Å². The van der Waals surface area contributed by atoms with Crippen molar-refractivity contribution in [2.45, 2.75) is 119 Å². The Bertz CT molecular complexity index is 756. The van der Waals surface area contributed by atoms with Crippen LogP contribution in [-0.2, 0) is 0 Å². The minimum Gasteiger partial charge on any atom is -0.393 e. The fourth-order valence-electron chi connectivity index (χ4n) is 9.36. The molecule has 4 aliphatic rings. The minimum atomic E-state index is -0.132. The van der Waals surface area contributed by atoms with Gasteiger partial charge in [-0.1, -0.05) is 78.7 Å². The van der Waals surface area contributed by atoms with Gasteiger partial charge in [0.05, 0.1) is 6.10 Å². The Hall–Kier alpha value is -0.560. The van der Waals surface area contributed by atoms with Gasteiger partial charge in [-0.15, -0.1) is 0 Å². The lowest BCUT2D eigenvalue weighted by Crippen LogP contribution is -2.55. The van der Waals surface area contributed by atoms with Gasteiger partial charge in [0.25, 0.3) is 0 Å². The van der Waals surface area contributed by atoms with Gasteiger partial charge in [0.15, 0.2) is 0 Å². The van der Waals surface area contributed by atoms with Crippen molar-refractivity contribution < 1.29 is 5.11 Å². The lowest BCUT2D eigenvalue weighted by molar-refractivity contribution is -0.0961. The van der Waals surface area contributed by atoms with E-state index in [4.69, 9.17) is 0 Å². The van der Waals surface area contributed by atoms with Gasteiger partial charge >= 0.3 is 0 Å². The average molecular weight is 427 g/mol. The molecule has 0 aliphatic heterocycles. The summed E-state index contributed by atoms with van der Waals surface area (Å²) in [5.74, 6) is 2.92. The molecule has 0 amide bonds. The Kier molecular flexibility index (Phi) is 5.90. The van der Waals surface area contributed by atoms with E-state index in [2.05, 4.69) is 67.5 Å². The summed E-state index contributed by atoms with van der Waals surface area (Å²) in [5, 5.41) is 10.8. The fourth-order valence-corrected chi connectivity index (χ4v) is 9.36. The Morgan fingerprint density at radius 1 is 0.903 bits per heavy atom. The molecule has 0 aromatic heterocycles. The van der Waals surface area contributed by atoms with Crippen molar-refractivity contribution in [3.8, 4) is 0 Å². The maximum absolute atomic E-state index is 10.8. The summed E-state index contributed by atoms with van der Waals surface area (Å²) in [6.45, 7) is 19.7. The van der Waals surface area contributed by atoms with E-state index in [1.54, 1.807) is 0 Å². The average Bonchev–Trinajstić information content (AvgIpc) is 2.96. The predicted octanol–water partition coefficient (Wildman–Crippen LogP) is 8.34. The van der Waals surface area contributed by atoms with Crippen molar-refractivity contribution in [3.05, 3.63) is 23.3 Å². The van der Waals surface area contributed by atoms with Crippen LogP contribution in [0.3, 0.4) is 0 Å². The summed E-state index contributed by atoms with van der Waals surface area (Å²) < 4.78 is 0. The summed E-state index contributed by atoms with van der Waals surface area (Å²) in [6.07, 6.45) is 16.2.